The van der Waals surface area contributed by atoms with E-state index in [0.29, 0.717) is 23.7 Å². The Hall–Kier alpha value is -3.61. The van der Waals surface area contributed by atoms with E-state index in [9.17, 15) is 19.5 Å². The summed E-state index contributed by atoms with van der Waals surface area (Å²) in [5.41, 5.74) is 1.78. The Morgan fingerprint density at radius 2 is 1.69 bits per heavy atom. The minimum atomic E-state index is -1.04. The van der Waals surface area contributed by atoms with Crippen LogP contribution in [0.5, 0.6) is 0 Å². The molecule has 0 bridgehead atoms. The zero-order valence-corrected chi connectivity index (χ0v) is 17.8. The van der Waals surface area contributed by atoms with Crippen LogP contribution < -0.4 is 10.6 Å². The van der Waals surface area contributed by atoms with Gasteiger partial charge in [-0.05, 0) is 36.6 Å². The summed E-state index contributed by atoms with van der Waals surface area (Å²) in [5.74, 6) is -1.62. The van der Waals surface area contributed by atoms with Gasteiger partial charge in [0.1, 0.15) is 11.7 Å². The number of fused-ring (bicyclic) bond motifs is 1. The molecule has 2 amide bonds. The van der Waals surface area contributed by atoms with Crippen molar-refractivity contribution in [3.05, 3.63) is 65.9 Å². The van der Waals surface area contributed by atoms with Gasteiger partial charge in [0.05, 0.1) is 11.3 Å². The first-order valence-electron chi connectivity index (χ1n) is 11.0. The lowest BCUT2D eigenvalue weighted by atomic mass is 9.85. The maximum atomic E-state index is 12.9. The minimum absolute atomic E-state index is 0.229. The fourth-order valence-electron chi connectivity index (χ4n) is 4.39. The van der Waals surface area contributed by atoms with E-state index in [-0.39, 0.29) is 11.5 Å². The monoisotopic (exact) mass is 433 g/mol. The molecule has 166 valence electrons. The minimum Gasteiger partial charge on any atom is -0.480 e. The van der Waals surface area contributed by atoms with Gasteiger partial charge in [-0.15, -0.1) is 0 Å². The summed E-state index contributed by atoms with van der Waals surface area (Å²) < 4.78 is 0. The van der Waals surface area contributed by atoms with E-state index in [2.05, 4.69) is 15.6 Å². The van der Waals surface area contributed by atoms with Crippen LogP contribution in [0, 0.1) is 5.92 Å². The molecule has 4 N–H and O–H groups in total. The number of para-hydroxylation sites is 2. The molecule has 1 heterocycles. The van der Waals surface area contributed by atoms with Crippen molar-refractivity contribution in [3.63, 3.8) is 0 Å². The molecule has 0 aliphatic heterocycles. The number of aromatic nitrogens is 1. The van der Waals surface area contributed by atoms with Gasteiger partial charge in [0, 0.05) is 10.9 Å². The van der Waals surface area contributed by atoms with Crippen molar-refractivity contribution in [1.29, 1.82) is 0 Å². The number of carboxylic acid groups (broad SMARTS) is 1. The van der Waals surface area contributed by atoms with E-state index >= 15 is 0 Å². The average Bonchev–Trinajstić information content (AvgIpc) is 3.24. The van der Waals surface area contributed by atoms with Crippen LogP contribution in [-0.4, -0.2) is 33.9 Å². The summed E-state index contributed by atoms with van der Waals surface area (Å²) in [6, 6.07) is 15.0. The number of anilines is 1. The van der Waals surface area contributed by atoms with Crippen molar-refractivity contribution in [2.45, 2.75) is 44.6 Å². The van der Waals surface area contributed by atoms with Crippen LogP contribution in [0.4, 0.5) is 5.69 Å². The van der Waals surface area contributed by atoms with E-state index < -0.39 is 17.9 Å². The first-order chi connectivity index (χ1) is 15.5. The standard InChI is InChI=1S/C25H27N3O4/c29-23(28-22(25(31)32)14-16-8-2-1-3-9-16)18-11-5-7-13-20(18)27-24(30)21-15-17-10-4-6-12-19(17)26-21/h4-7,10-13,15-16,22,26H,1-3,8-9,14H2,(H,27,30)(H,28,29)(H,31,32). The number of hydrogen-bond donors (Lipinski definition) is 4. The Morgan fingerprint density at radius 3 is 2.44 bits per heavy atom. The van der Waals surface area contributed by atoms with E-state index in [1.807, 2.05) is 24.3 Å². The third-order valence-corrected chi connectivity index (χ3v) is 6.09. The van der Waals surface area contributed by atoms with Crippen LogP contribution in [0.1, 0.15) is 59.4 Å². The van der Waals surface area contributed by atoms with E-state index in [1.54, 1.807) is 30.3 Å². The molecule has 1 aliphatic carbocycles. The molecule has 0 saturated heterocycles. The van der Waals surface area contributed by atoms with Crippen molar-refractivity contribution in [2.24, 2.45) is 5.92 Å². The highest BCUT2D eigenvalue weighted by Crippen LogP contribution is 2.28. The molecule has 1 saturated carbocycles. The Bertz CT molecular complexity index is 1100. The molecule has 0 spiro atoms. The fraction of sp³-hybridized carbons (Fsp3) is 0.320. The molecule has 1 aromatic heterocycles. The molecule has 1 aliphatic rings. The van der Waals surface area contributed by atoms with Gasteiger partial charge >= 0.3 is 5.97 Å². The third-order valence-electron chi connectivity index (χ3n) is 6.09. The van der Waals surface area contributed by atoms with Gasteiger partial charge in [0.2, 0.25) is 0 Å². The Kier molecular flexibility index (Phi) is 6.54. The van der Waals surface area contributed by atoms with E-state index in [1.165, 1.54) is 6.42 Å². The van der Waals surface area contributed by atoms with Crippen molar-refractivity contribution in [1.82, 2.24) is 10.3 Å². The van der Waals surface area contributed by atoms with Gasteiger partial charge in [-0.25, -0.2) is 4.79 Å². The Labute approximate surface area is 186 Å². The normalized spacial score (nSPS) is 15.2. The third kappa shape index (κ3) is 4.99. The van der Waals surface area contributed by atoms with Crippen LogP contribution >= 0.6 is 0 Å². The summed E-state index contributed by atoms with van der Waals surface area (Å²) in [6.07, 6.45) is 5.81. The Morgan fingerprint density at radius 1 is 0.969 bits per heavy atom. The second-order valence-corrected chi connectivity index (χ2v) is 8.37. The number of H-pyrrole nitrogens is 1. The van der Waals surface area contributed by atoms with Gasteiger partial charge < -0.3 is 20.7 Å². The lowest BCUT2D eigenvalue weighted by Crippen LogP contribution is -2.42. The molecule has 7 heteroatoms. The molecule has 1 atom stereocenters. The van der Waals surface area contributed by atoms with Crippen LogP contribution in [0.15, 0.2) is 54.6 Å². The lowest BCUT2D eigenvalue weighted by molar-refractivity contribution is -0.139. The van der Waals surface area contributed by atoms with Crippen molar-refractivity contribution in [3.8, 4) is 0 Å². The Balaban J connectivity index is 1.48. The number of nitrogens with one attached hydrogen (secondary N) is 3. The number of carbonyl (C=O) groups is 3. The molecule has 4 rings (SSSR count). The highest BCUT2D eigenvalue weighted by atomic mass is 16.4. The van der Waals surface area contributed by atoms with Crippen LogP contribution in [0.25, 0.3) is 10.9 Å². The summed E-state index contributed by atoms with van der Waals surface area (Å²) in [6.45, 7) is 0. The van der Waals surface area contributed by atoms with E-state index in [4.69, 9.17) is 0 Å². The molecule has 1 unspecified atom stereocenters. The number of aromatic amines is 1. The highest BCUT2D eigenvalue weighted by molar-refractivity contribution is 6.10. The van der Waals surface area contributed by atoms with Crippen LogP contribution in [-0.2, 0) is 4.79 Å². The topological polar surface area (TPSA) is 111 Å². The first kappa shape index (κ1) is 21.6. The van der Waals surface area contributed by atoms with Crippen LogP contribution in [0.3, 0.4) is 0 Å². The lowest BCUT2D eigenvalue weighted by Gasteiger charge is -2.25. The molecular weight excluding hydrogens is 406 g/mol. The number of hydrogen-bond acceptors (Lipinski definition) is 3. The second-order valence-electron chi connectivity index (χ2n) is 8.37. The summed E-state index contributed by atoms with van der Waals surface area (Å²) in [7, 11) is 0. The number of aliphatic carboxylic acids is 1. The summed E-state index contributed by atoms with van der Waals surface area (Å²) in [5, 5.41) is 16.0. The quantitative estimate of drug-likeness (QED) is 0.437. The zero-order chi connectivity index (χ0) is 22.5. The number of amides is 2. The number of carbonyl (C=O) groups excluding carboxylic acids is 2. The molecule has 0 radical (unpaired) electrons. The largest absolute Gasteiger partial charge is 0.480 e. The smallest absolute Gasteiger partial charge is 0.326 e. The fourth-order valence-corrected chi connectivity index (χ4v) is 4.39. The molecular formula is C25H27N3O4. The number of carboxylic acids is 1. The van der Waals surface area contributed by atoms with Crippen molar-refractivity contribution < 1.29 is 19.5 Å². The average molecular weight is 434 g/mol. The van der Waals surface area contributed by atoms with E-state index in [0.717, 1.165) is 36.6 Å². The second kappa shape index (κ2) is 9.68. The molecule has 32 heavy (non-hydrogen) atoms. The maximum Gasteiger partial charge on any atom is 0.326 e. The van der Waals surface area contributed by atoms with Crippen LogP contribution in [0.2, 0.25) is 0 Å². The van der Waals surface area contributed by atoms with Crippen molar-refractivity contribution in [2.75, 3.05) is 5.32 Å². The number of benzene rings is 2. The molecule has 7 nitrogen and oxygen atoms in total. The first-order valence-corrected chi connectivity index (χ1v) is 11.0. The number of rotatable bonds is 7. The summed E-state index contributed by atoms with van der Waals surface area (Å²) >= 11 is 0. The molecule has 1 fully saturated rings. The maximum absolute atomic E-state index is 12.9. The molecule has 2 aromatic carbocycles. The van der Waals surface area contributed by atoms with Gasteiger partial charge in [-0.3, -0.25) is 9.59 Å². The summed E-state index contributed by atoms with van der Waals surface area (Å²) in [4.78, 5) is 40.6. The van der Waals surface area contributed by atoms with Gasteiger partial charge in [-0.1, -0.05) is 62.4 Å². The van der Waals surface area contributed by atoms with Gasteiger partial charge in [0.25, 0.3) is 11.8 Å². The zero-order valence-electron chi connectivity index (χ0n) is 17.8. The van der Waals surface area contributed by atoms with Gasteiger partial charge in [0.15, 0.2) is 0 Å². The van der Waals surface area contributed by atoms with Gasteiger partial charge in [-0.2, -0.15) is 0 Å². The van der Waals surface area contributed by atoms with Crippen molar-refractivity contribution >= 4 is 34.4 Å². The SMILES string of the molecule is O=C(Nc1ccccc1C(=O)NC(CC1CCCCC1)C(=O)O)c1cc2ccccc2[nH]1. The predicted molar refractivity (Wildman–Crippen MR) is 123 cm³/mol. The highest BCUT2D eigenvalue weighted by Gasteiger charge is 2.26. The molecule has 3 aromatic rings. The predicted octanol–water partition coefficient (Wildman–Crippen LogP) is 4.57.